The Morgan fingerprint density at radius 3 is 2.43 bits per heavy atom. The van der Waals surface area contributed by atoms with Crippen LogP contribution in [0, 0.1) is 0 Å². The van der Waals surface area contributed by atoms with Crippen molar-refractivity contribution in [2.45, 2.75) is 38.2 Å². The average molecular weight is 489 g/mol. The highest BCUT2D eigenvalue weighted by atomic mass is 19.3. The molecule has 12 heteroatoms. The van der Waals surface area contributed by atoms with Crippen LogP contribution in [-0.2, 0) is 16.8 Å². The van der Waals surface area contributed by atoms with Crippen molar-refractivity contribution in [1.29, 1.82) is 0 Å². The molecule has 2 aliphatic rings. The van der Waals surface area contributed by atoms with E-state index in [0.29, 0.717) is 28.1 Å². The van der Waals surface area contributed by atoms with Gasteiger partial charge in [0, 0.05) is 17.4 Å². The van der Waals surface area contributed by atoms with Crippen molar-refractivity contribution in [3.05, 3.63) is 59.2 Å². The summed E-state index contributed by atoms with van der Waals surface area (Å²) in [6.45, 7) is 2.42. The largest absolute Gasteiger partial charge is 0.415 e. The lowest BCUT2D eigenvalue weighted by atomic mass is 9.76. The minimum Gasteiger partial charge on any atom is -0.415 e. The molecule has 0 aliphatic carbocycles. The van der Waals surface area contributed by atoms with Crippen molar-refractivity contribution in [3.63, 3.8) is 0 Å². The molecule has 1 fully saturated rings. The molecule has 2 aliphatic heterocycles. The molecule has 182 valence electrons. The van der Waals surface area contributed by atoms with Gasteiger partial charge in [-0.25, -0.2) is 8.78 Å². The Labute approximate surface area is 196 Å². The fraction of sp³-hybridized carbons (Fsp3) is 0.348. The smallest absolute Gasteiger partial charge is 0.314 e. The summed E-state index contributed by atoms with van der Waals surface area (Å²) in [4.78, 5) is 33.3. The number of anilines is 1. The van der Waals surface area contributed by atoms with E-state index >= 15 is 0 Å². The number of aromatic nitrogens is 3. The summed E-state index contributed by atoms with van der Waals surface area (Å²) >= 11 is 0. The predicted molar refractivity (Wildman–Crippen MR) is 114 cm³/mol. The minimum atomic E-state index is -2.89. The van der Waals surface area contributed by atoms with E-state index in [0.717, 1.165) is 4.90 Å². The first-order valence-electron chi connectivity index (χ1n) is 10.7. The highest BCUT2D eigenvalue weighted by Crippen LogP contribution is 2.39. The van der Waals surface area contributed by atoms with Gasteiger partial charge in [-0.05, 0) is 49.7 Å². The fourth-order valence-corrected chi connectivity index (χ4v) is 4.21. The Morgan fingerprint density at radius 1 is 1.09 bits per heavy atom. The molecule has 5 rings (SSSR count). The molecular formula is C23H19F4N5O3. The topological polar surface area (TPSA) is 92.4 Å². The molecule has 0 N–H and O–H groups in total. The number of amides is 2. The van der Waals surface area contributed by atoms with Crippen LogP contribution >= 0.6 is 0 Å². The van der Waals surface area contributed by atoms with E-state index in [2.05, 4.69) is 15.2 Å². The molecule has 35 heavy (non-hydrogen) atoms. The van der Waals surface area contributed by atoms with Gasteiger partial charge in [-0.3, -0.25) is 19.5 Å². The first kappa shape index (κ1) is 22.9. The number of halogens is 4. The maximum Gasteiger partial charge on any atom is 0.314 e. The van der Waals surface area contributed by atoms with Crippen LogP contribution in [0.4, 0.5) is 23.2 Å². The summed E-state index contributed by atoms with van der Waals surface area (Å²) in [6, 6.07) is 7.82. The number of nitrogens with zero attached hydrogens (tertiary/aromatic N) is 5. The van der Waals surface area contributed by atoms with Crippen LogP contribution < -0.4 is 4.90 Å². The predicted octanol–water partition coefficient (Wildman–Crippen LogP) is 3.98. The van der Waals surface area contributed by atoms with Crippen LogP contribution in [0.15, 0.2) is 40.9 Å². The summed E-state index contributed by atoms with van der Waals surface area (Å²) in [7, 11) is 0. The van der Waals surface area contributed by atoms with E-state index in [1.165, 1.54) is 23.2 Å². The summed E-state index contributed by atoms with van der Waals surface area (Å²) in [5.74, 6) is -4.65. The third-order valence-corrected chi connectivity index (χ3v) is 6.16. The summed E-state index contributed by atoms with van der Waals surface area (Å²) in [5, 5.41) is 6.82. The van der Waals surface area contributed by atoms with Crippen molar-refractivity contribution in [2.75, 3.05) is 18.0 Å². The van der Waals surface area contributed by atoms with E-state index < -0.39 is 48.6 Å². The summed E-state index contributed by atoms with van der Waals surface area (Å²) < 4.78 is 56.8. The number of rotatable bonds is 5. The van der Waals surface area contributed by atoms with Crippen LogP contribution in [0.3, 0.4) is 0 Å². The average Bonchev–Trinajstić information content (AvgIpc) is 3.30. The second-order valence-corrected chi connectivity index (χ2v) is 9.05. The van der Waals surface area contributed by atoms with Gasteiger partial charge in [0.05, 0.1) is 36.3 Å². The van der Waals surface area contributed by atoms with Gasteiger partial charge in [0.1, 0.15) is 0 Å². The second-order valence-electron chi connectivity index (χ2n) is 9.05. The first-order chi connectivity index (χ1) is 16.5. The van der Waals surface area contributed by atoms with Gasteiger partial charge in [-0.2, -0.15) is 8.78 Å². The highest BCUT2D eigenvalue weighted by molar-refractivity contribution is 6.13. The number of carbonyl (C=O) groups is 2. The second kappa shape index (κ2) is 7.85. The number of imide groups is 1. The van der Waals surface area contributed by atoms with Gasteiger partial charge >= 0.3 is 6.43 Å². The molecule has 0 unspecified atom stereocenters. The Bertz CT molecular complexity index is 1310. The summed E-state index contributed by atoms with van der Waals surface area (Å²) in [6.07, 6.45) is -1.57. The number of hydrogen-bond donors (Lipinski definition) is 0. The number of hydrogen-bond acceptors (Lipinski definition) is 7. The SMILES string of the molecule is CC1(C)C(=O)N(Cc2ccc(-c3nnc(C(F)F)o3)cn2)C(=O)c2ccc(N3CC(F)(F)C3)cc21. The molecule has 1 aromatic carbocycles. The van der Waals surface area contributed by atoms with Gasteiger partial charge in [0.2, 0.25) is 11.8 Å². The molecule has 0 spiro atoms. The quantitative estimate of drug-likeness (QED) is 0.395. The number of carbonyl (C=O) groups excluding carboxylic acids is 2. The van der Waals surface area contributed by atoms with E-state index in [1.54, 1.807) is 32.0 Å². The number of benzene rings is 1. The maximum atomic E-state index is 13.3. The zero-order chi connectivity index (χ0) is 25.1. The van der Waals surface area contributed by atoms with Crippen LogP contribution in [0.25, 0.3) is 11.5 Å². The Kier molecular flexibility index (Phi) is 5.15. The van der Waals surface area contributed by atoms with E-state index in [9.17, 15) is 27.2 Å². The molecule has 4 heterocycles. The lowest BCUT2D eigenvalue weighted by Gasteiger charge is -2.42. The van der Waals surface area contributed by atoms with Gasteiger partial charge < -0.3 is 9.32 Å². The van der Waals surface area contributed by atoms with Gasteiger partial charge in [-0.1, -0.05) is 0 Å². The normalized spacial score (nSPS) is 18.6. The Morgan fingerprint density at radius 2 is 1.83 bits per heavy atom. The zero-order valence-electron chi connectivity index (χ0n) is 18.6. The molecule has 2 amide bonds. The summed E-state index contributed by atoms with van der Waals surface area (Å²) in [5.41, 5.74) is 0.924. The fourth-order valence-electron chi connectivity index (χ4n) is 4.21. The molecule has 0 saturated carbocycles. The maximum absolute atomic E-state index is 13.3. The van der Waals surface area contributed by atoms with Crippen LogP contribution in [0.5, 0.6) is 0 Å². The molecule has 8 nitrogen and oxygen atoms in total. The Hall–Kier alpha value is -3.83. The van der Waals surface area contributed by atoms with Gasteiger partial charge in [0.25, 0.3) is 17.7 Å². The van der Waals surface area contributed by atoms with Crippen molar-refractivity contribution in [3.8, 4) is 11.5 Å². The van der Waals surface area contributed by atoms with E-state index in [1.807, 2.05) is 0 Å². The Balaban J connectivity index is 1.38. The monoisotopic (exact) mass is 489 g/mol. The molecule has 0 bridgehead atoms. The number of fused-ring (bicyclic) bond motifs is 1. The molecule has 3 aromatic rings. The highest BCUT2D eigenvalue weighted by Gasteiger charge is 2.47. The van der Waals surface area contributed by atoms with Crippen molar-refractivity contribution in [1.82, 2.24) is 20.1 Å². The van der Waals surface area contributed by atoms with Crippen LogP contribution in [0.2, 0.25) is 0 Å². The minimum absolute atomic E-state index is 0.118. The lowest BCUT2D eigenvalue weighted by Crippen LogP contribution is -2.56. The van der Waals surface area contributed by atoms with Gasteiger partial charge in [-0.15, -0.1) is 10.2 Å². The molecular weight excluding hydrogens is 470 g/mol. The van der Waals surface area contributed by atoms with Crippen molar-refractivity contribution < 1.29 is 31.6 Å². The van der Waals surface area contributed by atoms with E-state index in [-0.39, 0.29) is 12.4 Å². The molecule has 0 radical (unpaired) electrons. The molecule has 1 saturated heterocycles. The molecule has 2 aromatic heterocycles. The van der Waals surface area contributed by atoms with Gasteiger partial charge in [0.15, 0.2) is 0 Å². The number of pyridine rings is 1. The van der Waals surface area contributed by atoms with Crippen molar-refractivity contribution >= 4 is 17.5 Å². The third-order valence-electron chi connectivity index (χ3n) is 6.16. The lowest BCUT2D eigenvalue weighted by molar-refractivity contribution is -0.134. The molecule has 0 atom stereocenters. The van der Waals surface area contributed by atoms with E-state index in [4.69, 9.17) is 4.42 Å². The van der Waals surface area contributed by atoms with Crippen LogP contribution in [-0.4, -0.2) is 50.9 Å². The third kappa shape index (κ3) is 3.92. The van der Waals surface area contributed by atoms with Crippen molar-refractivity contribution in [2.24, 2.45) is 0 Å². The first-order valence-corrected chi connectivity index (χ1v) is 10.7. The zero-order valence-corrected chi connectivity index (χ0v) is 18.6. The number of alkyl halides is 4. The van der Waals surface area contributed by atoms with Crippen LogP contribution in [0.1, 0.15) is 47.8 Å². The standard InChI is InChI=1S/C23H19F4N5O3/c1-22(2)16-7-14(31-10-23(26,27)11-31)5-6-15(16)20(33)32(21(22)34)9-13-4-3-12(8-28-13)18-29-30-19(35-18)17(24)25/h3-8,17H,9-11H2,1-2H3.